The van der Waals surface area contributed by atoms with Crippen molar-refractivity contribution in [3.63, 3.8) is 0 Å². The van der Waals surface area contributed by atoms with Gasteiger partial charge in [-0.15, -0.1) is 0 Å². The van der Waals surface area contributed by atoms with Gasteiger partial charge in [-0.05, 0) is 227 Å². The summed E-state index contributed by atoms with van der Waals surface area (Å²) in [5, 5.41) is 2.70. The van der Waals surface area contributed by atoms with Gasteiger partial charge in [0.05, 0.1) is 0 Å². The summed E-state index contributed by atoms with van der Waals surface area (Å²) < 4.78 is 0. The second-order valence-electron chi connectivity index (χ2n) is 29.7. The van der Waals surface area contributed by atoms with Gasteiger partial charge in [-0.25, -0.2) is 0 Å². The van der Waals surface area contributed by atoms with E-state index in [-0.39, 0.29) is 10.8 Å². The van der Waals surface area contributed by atoms with E-state index in [4.69, 9.17) is 0 Å². The van der Waals surface area contributed by atoms with Gasteiger partial charge in [0.1, 0.15) is 0 Å². The van der Waals surface area contributed by atoms with Crippen LogP contribution in [0.2, 0.25) is 0 Å². The standard InChI is InChI=1S/C96H108/c1-7-11-15-19-23-29-54-95(55-30-24-20-16-12-8-2)90-59-70(6)44-50-86(90)87-52-48-74(67-92(87)95)80-63-81(65-83(64-80)82-61-78-41-34-37-71-45-46-79(62-82)94(71)78)75-49-53-89-88-51-47-73(72-38-35-40-77(60-72)85-43-28-27-42-84(85)76-39-33-36-69(5)58-76)66-91(88)96(93(89)68-75,56-31-25-21-17-13-9-3)57-32-26-22-18-14-10-4/h27-28,33-53,58-68H,7-26,29-32,54-57H2,1-6H3. The molecular weight excluding hydrogens is 1150 g/mol. The second kappa shape index (κ2) is 31.2. The number of unbranched alkanes of at least 4 members (excludes halogenated alkanes) is 20. The molecule has 0 heterocycles. The van der Waals surface area contributed by atoms with E-state index in [2.05, 4.69) is 248 Å². The number of benzene rings is 10. The predicted molar refractivity (Wildman–Crippen MR) is 419 cm³/mol. The highest BCUT2D eigenvalue weighted by molar-refractivity contribution is 6.07. The average molecular weight is 1260 g/mol. The van der Waals surface area contributed by atoms with Gasteiger partial charge in [0.2, 0.25) is 0 Å². The summed E-state index contributed by atoms with van der Waals surface area (Å²) in [7, 11) is 0. The molecule has 0 heteroatoms. The van der Waals surface area contributed by atoms with Crippen LogP contribution in [0, 0.1) is 13.8 Å². The molecule has 3 aliphatic carbocycles. The number of fused-ring (bicyclic) bond motifs is 6. The Balaban J connectivity index is 0.949. The first kappa shape index (κ1) is 66.8. The summed E-state index contributed by atoms with van der Waals surface area (Å²) in [5.74, 6) is 0. The highest BCUT2D eigenvalue weighted by atomic mass is 14.5. The Hall–Kier alpha value is -7.80. The molecule has 0 bridgehead atoms. The van der Waals surface area contributed by atoms with Crippen LogP contribution >= 0.6 is 0 Å². The van der Waals surface area contributed by atoms with Crippen LogP contribution < -0.4 is 0 Å². The molecule has 96 heavy (non-hydrogen) atoms. The zero-order chi connectivity index (χ0) is 65.9. The first-order valence-corrected chi connectivity index (χ1v) is 38.5. The molecular formula is C96H108. The van der Waals surface area contributed by atoms with Crippen molar-refractivity contribution < 1.29 is 0 Å². The molecule has 10 aromatic rings. The summed E-state index contributed by atoms with van der Waals surface area (Å²) in [4.78, 5) is 0. The summed E-state index contributed by atoms with van der Waals surface area (Å²) in [6, 6.07) is 77.6. The van der Waals surface area contributed by atoms with Crippen molar-refractivity contribution >= 4 is 22.9 Å². The summed E-state index contributed by atoms with van der Waals surface area (Å²) in [6.07, 6.45) is 40.8. The Morgan fingerprint density at radius 3 is 1.07 bits per heavy atom. The molecule has 0 spiro atoms. The summed E-state index contributed by atoms with van der Waals surface area (Å²) in [5.41, 5.74) is 32.9. The predicted octanol–water partition coefficient (Wildman–Crippen LogP) is 29.5. The SMILES string of the molecule is CCCCCCCCC1(CCCCCCCC)c2cc(C)ccc2-c2ccc(-c3cc(-c4ccc5c(c4)C(CCCCCCCC)(CCCCCCCC)c4cc(-c6cccc(-c7ccccc7-c7cccc(C)c7)c6)ccc4-5)cc(-c4cc5c6c(cccc6c4)C=C5)c3)cc21. The molecule has 0 nitrogen and oxygen atoms in total. The van der Waals surface area contributed by atoms with Crippen molar-refractivity contribution in [2.24, 2.45) is 0 Å². The Morgan fingerprint density at radius 2 is 0.583 bits per heavy atom. The molecule has 3 aliphatic rings. The lowest BCUT2D eigenvalue weighted by atomic mass is 9.69. The van der Waals surface area contributed by atoms with Crippen LogP contribution in [-0.2, 0) is 10.8 Å². The van der Waals surface area contributed by atoms with Crippen molar-refractivity contribution in [2.45, 2.75) is 232 Å². The number of rotatable bonds is 34. The maximum absolute atomic E-state index is 2.72. The normalized spacial score (nSPS) is 13.6. The third-order valence-corrected chi connectivity index (χ3v) is 22.9. The molecule has 0 amide bonds. The molecule has 0 aromatic heterocycles. The lowest BCUT2D eigenvalue weighted by Crippen LogP contribution is -2.25. The van der Waals surface area contributed by atoms with Gasteiger partial charge in [-0.3, -0.25) is 0 Å². The zero-order valence-electron chi connectivity index (χ0n) is 59.4. The van der Waals surface area contributed by atoms with Crippen LogP contribution in [0.1, 0.15) is 252 Å². The van der Waals surface area contributed by atoms with Crippen LogP contribution in [0.5, 0.6) is 0 Å². The third-order valence-electron chi connectivity index (χ3n) is 22.9. The van der Waals surface area contributed by atoms with E-state index in [9.17, 15) is 0 Å². The largest absolute Gasteiger partial charge is 0.0654 e. The van der Waals surface area contributed by atoms with Crippen LogP contribution in [0.3, 0.4) is 0 Å². The molecule has 0 N–H and O–H groups in total. The Labute approximate surface area is 579 Å². The van der Waals surface area contributed by atoms with Gasteiger partial charge in [0, 0.05) is 10.8 Å². The Kier molecular flexibility index (Phi) is 21.7. The first-order chi connectivity index (χ1) is 47.2. The molecule has 0 atom stereocenters. The van der Waals surface area contributed by atoms with Crippen LogP contribution in [0.4, 0.5) is 0 Å². The molecule has 0 radical (unpaired) electrons. The topological polar surface area (TPSA) is 0 Å². The van der Waals surface area contributed by atoms with E-state index in [1.807, 2.05) is 0 Å². The highest BCUT2D eigenvalue weighted by Crippen LogP contribution is 2.58. The minimum absolute atomic E-state index is 0.00473. The van der Waals surface area contributed by atoms with Gasteiger partial charge >= 0.3 is 0 Å². The van der Waals surface area contributed by atoms with E-state index < -0.39 is 0 Å². The van der Waals surface area contributed by atoms with Crippen molar-refractivity contribution in [3.05, 3.63) is 239 Å². The van der Waals surface area contributed by atoms with Crippen molar-refractivity contribution in [1.29, 1.82) is 0 Å². The van der Waals surface area contributed by atoms with Crippen molar-refractivity contribution in [1.82, 2.24) is 0 Å². The Bertz CT molecular complexity index is 4310. The fourth-order valence-electron chi connectivity index (χ4n) is 17.7. The van der Waals surface area contributed by atoms with E-state index in [0.29, 0.717) is 0 Å². The minimum atomic E-state index is -0.114. The smallest absolute Gasteiger partial charge is 0.0215 e. The third kappa shape index (κ3) is 14.2. The first-order valence-electron chi connectivity index (χ1n) is 38.5. The fourth-order valence-corrected chi connectivity index (χ4v) is 17.7. The fraction of sp³-hybridized carbons (Fsp3) is 0.375. The highest BCUT2D eigenvalue weighted by Gasteiger charge is 2.44. The zero-order valence-corrected chi connectivity index (χ0v) is 59.4. The van der Waals surface area contributed by atoms with Crippen molar-refractivity contribution in [3.8, 4) is 89.0 Å². The molecule has 0 unspecified atom stereocenters. The monoisotopic (exact) mass is 1260 g/mol. The summed E-state index contributed by atoms with van der Waals surface area (Å²) >= 11 is 0. The molecule has 10 aromatic carbocycles. The quantitative estimate of drug-likeness (QED) is 0.0353. The van der Waals surface area contributed by atoms with Gasteiger partial charge < -0.3 is 0 Å². The van der Waals surface area contributed by atoms with Gasteiger partial charge in [0.15, 0.2) is 0 Å². The van der Waals surface area contributed by atoms with E-state index in [1.54, 1.807) is 22.3 Å². The van der Waals surface area contributed by atoms with Crippen molar-refractivity contribution in [2.75, 3.05) is 0 Å². The van der Waals surface area contributed by atoms with Gasteiger partial charge in [0.25, 0.3) is 0 Å². The summed E-state index contributed by atoms with van der Waals surface area (Å²) in [6.45, 7) is 13.9. The number of aryl methyl sites for hydroxylation is 2. The molecule has 0 saturated carbocycles. The molecule has 0 aliphatic heterocycles. The molecule has 0 saturated heterocycles. The number of hydrogen-bond acceptors (Lipinski definition) is 0. The van der Waals surface area contributed by atoms with Gasteiger partial charge in [-0.2, -0.15) is 0 Å². The maximum Gasteiger partial charge on any atom is 0.0215 e. The van der Waals surface area contributed by atoms with E-state index in [0.717, 1.165) is 0 Å². The Morgan fingerprint density at radius 1 is 0.229 bits per heavy atom. The maximum atomic E-state index is 2.72. The molecule has 0 fully saturated rings. The molecule has 492 valence electrons. The van der Waals surface area contributed by atoms with E-state index >= 15 is 0 Å². The lowest BCUT2D eigenvalue weighted by Gasteiger charge is -2.33. The van der Waals surface area contributed by atoms with Gasteiger partial charge in [-0.1, -0.05) is 345 Å². The second-order valence-corrected chi connectivity index (χ2v) is 29.7. The minimum Gasteiger partial charge on any atom is -0.0654 e. The molecule has 13 rings (SSSR count). The van der Waals surface area contributed by atoms with Crippen LogP contribution in [0.15, 0.2) is 194 Å². The van der Waals surface area contributed by atoms with Crippen LogP contribution in [-0.4, -0.2) is 0 Å². The average Bonchev–Trinajstić information content (AvgIpc) is 1.57. The van der Waals surface area contributed by atoms with Crippen LogP contribution in [0.25, 0.3) is 112 Å². The van der Waals surface area contributed by atoms with E-state index in [1.165, 1.54) is 302 Å². The lowest BCUT2D eigenvalue weighted by molar-refractivity contribution is 0.398. The number of hydrogen-bond donors (Lipinski definition) is 0.